The molecule has 0 heteroatoms. The second-order valence-electron chi connectivity index (χ2n) is 7.18. The van der Waals surface area contributed by atoms with Crippen molar-refractivity contribution in [2.45, 2.75) is 64.7 Å². The van der Waals surface area contributed by atoms with Crippen molar-refractivity contribution >= 4 is 0 Å². The predicted octanol–water partition coefficient (Wildman–Crippen LogP) is 6.99. The first kappa shape index (κ1) is 16.3. The summed E-state index contributed by atoms with van der Waals surface area (Å²) in [6.07, 6.45) is 9.52. The highest BCUT2D eigenvalue weighted by Crippen LogP contribution is 2.37. The molecule has 1 saturated carbocycles. The Hall–Kier alpha value is -1.56. The topological polar surface area (TPSA) is 0 Å². The van der Waals surface area contributed by atoms with Crippen LogP contribution in [0.4, 0.5) is 0 Å². The van der Waals surface area contributed by atoms with E-state index in [4.69, 9.17) is 0 Å². The van der Waals surface area contributed by atoms with Crippen LogP contribution in [-0.4, -0.2) is 0 Å². The average molecular weight is 306 g/mol. The van der Waals surface area contributed by atoms with Crippen LogP contribution in [0, 0.1) is 5.92 Å². The van der Waals surface area contributed by atoms with Gasteiger partial charge in [0.25, 0.3) is 0 Å². The van der Waals surface area contributed by atoms with Crippen LogP contribution < -0.4 is 0 Å². The van der Waals surface area contributed by atoms with E-state index in [2.05, 4.69) is 62.4 Å². The Morgan fingerprint density at radius 1 is 0.739 bits per heavy atom. The van der Waals surface area contributed by atoms with Gasteiger partial charge in [0.15, 0.2) is 0 Å². The maximum Gasteiger partial charge on any atom is -0.0162 e. The van der Waals surface area contributed by atoms with E-state index in [1.54, 1.807) is 5.56 Å². The lowest BCUT2D eigenvalue weighted by Gasteiger charge is -2.28. The normalized spacial score (nSPS) is 21.3. The molecule has 122 valence electrons. The van der Waals surface area contributed by atoms with Gasteiger partial charge in [0.1, 0.15) is 0 Å². The molecule has 0 amide bonds. The summed E-state index contributed by atoms with van der Waals surface area (Å²) in [5.41, 5.74) is 5.64. The largest absolute Gasteiger partial charge is 0.0654 e. The van der Waals surface area contributed by atoms with E-state index in [1.807, 2.05) is 0 Å². The molecule has 1 aliphatic rings. The minimum Gasteiger partial charge on any atom is -0.0654 e. The lowest BCUT2D eigenvalue weighted by molar-refractivity contribution is 0.308. The van der Waals surface area contributed by atoms with Gasteiger partial charge in [0.2, 0.25) is 0 Å². The number of rotatable bonds is 5. The van der Waals surface area contributed by atoms with E-state index in [-0.39, 0.29) is 0 Å². The zero-order valence-corrected chi connectivity index (χ0v) is 14.7. The Morgan fingerprint density at radius 3 is 1.83 bits per heavy atom. The fourth-order valence-electron chi connectivity index (χ4n) is 4.07. The molecule has 23 heavy (non-hydrogen) atoms. The molecule has 0 N–H and O–H groups in total. The van der Waals surface area contributed by atoms with Crippen molar-refractivity contribution in [1.82, 2.24) is 0 Å². The van der Waals surface area contributed by atoms with Gasteiger partial charge in [-0.15, -0.1) is 0 Å². The summed E-state index contributed by atoms with van der Waals surface area (Å²) in [4.78, 5) is 0. The van der Waals surface area contributed by atoms with Gasteiger partial charge in [0, 0.05) is 0 Å². The molecule has 2 aromatic rings. The van der Waals surface area contributed by atoms with Crippen LogP contribution in [-0.2, 0) is 6.42 Å². The van der Waals surface area contributed by atoms with Crippen LogP contribution >= 0.6 is 0 Å². The molecular weight excluding hydrogens is 276 g/mol. The van der Waals surface area contributed by atoms with Crippen LogP contribution in [0.15, 0.2) is 48.5 Å². The van der Waals surface area contributed by atoms with E-state index in [0.29, 0.717) is 0 Å². The second kappa shape index (κ2) is 7.81. The van der Waals surface area contributed by atoms with Crippen molar-refractivity contribution in [1.29, 1.82) is 0 Å². The summed E-state index contributed by atoms with van der Waals surface area (Å²) in [6, 6.07) is 18.4. The highest BCUT2D eigenvalue weighted by molar-refractivity contribution is 5.64. The smallest absolute Gasteiger partial charge is 0.0162 e. The third-order valence-corrected chi connectivity index (χ3v) is 5.62. The zero-order valence-electron chi connectivity index (χ0n) is 14.7. The zero-order chi connectivity index (χ0) is 16.1. The first-order valence-corrected chi connectivity index (χ1v) is 9.49. The molecule has 1 aliphatic carbocycles. The van der Waals surface area contributed by atoms with Crippen molar-refractivity contribution in [2.24, 2.45) is 5.92 Å². The minimum atomic E-state index is 0.791. The fourth-order valence-corrected chi connectivity index (χ4v) is 4.07. The average Bonchev–Trinajstić information content (AvgIpc) is 2.63. The summed E-state index contributed by atoms with van der Waals surface area (Å²) in [5.74, 6) is 1.78. The molecule has 0 radical (unpaired) electrons. The van der Waals surface area contributed by atoms with Crippen LogP contribution in [0.25, 0.3) is 11.1 Å². The van der Waals surface area contributed by atoms with Crippen molar-refractivity contribution in [3.8, 4) is 11.1 Å². The summed E-state index contributed by atoms with van der Waals surface area (Å²) in [6.45, 7) is 4.52. The standard InChI is InChI=1S/C23H30/c1-3-5-19-8-12-21(13-9-19)23-16-14-22(15-17-23)20-10-6-18(4-2)7-11-20/h6-7,10-11,14-17,19,21H,3-5,8-9,12-13H2,1-2H3/t19-,21-. The van der Waals surface area contributed by atoms with Crippen LogP contribution in [0.3, 0.4) is 0 Å². The highest BCUT2D eigenvalue weighted by Gasteiger charge is 2.21. The quantitative estimate of drug-likeness (QED) is 0.558. The molecule has 0 spiro atoms. The van der Waals surface area contributed by atoms with Crippen molar-refractivity contribution < 1.29 is 0 Å². The maximum absolute atomic E-state index is 2.37. The lowest BCUT2D eigenvalue weighted by atomic mass is 9.77. The van der Waals surface area contributed by atoms with Crippen molar-refractivity contribution in [3.63, 3.8) is 0 Å². The Morgan fingerprint density at radius 2 is 1.30 bits per heavy atom. The van der Waals surface area contributed by atoms with E-state index < -0.39 is 0 Å². The predicted molar refractivity (Wildman–Crippen MR) is 101 cm³/mol. The SMILES string of the molecule is CCC[C@H]1CC[C@H](c2ccc(-c3ccc(CC)cc3)cc2)CC1. The number of benzene rings is 2. The molecule has 2 aromatic carbocycles. The highest BCUT2D eigenvalue weighted by atomic mass is 14.3. The summed E-state index contributed by atoms with van der Waals surface area (Å²) < 4.78 is 0. The Balaban J connectivity index is 1.65. The summed E-state index contributed by atoms with van der Waals surface area (Å²) in [5, 5.41) is 0. The third-order valence-electron chi connectivity index (χ3n) is 5.62. The lowest BCUT2D eigenvalue weighted by Crippen LogP contribution is -2.13. The minimum absolute atomic E-state index is 0.791. The van der Waals surface area contributed by atoms with Gasteiger partial charge in [-0.2, -0.15) is 0 Å². The summed E-state index contributed by atoms with van der Waals surface area (Å²) in [7, 11) is 0. The van der Waals surface area contributed by atoms with Crippen LogP contribution in [0.1, 0.15) is 69.4 Å². The van der Waals surface area contributed by atoms with Crippen LogP contribution in [0.2, 0.25) is 0 Å². The number of hydrogen-bond donors (Lipinski definition) is 0. The Bertz CT molecular complexity index is 583. The van der Waals surface area contributed by atoms with E-state index in [0.717, 1.165) is 18.3 Å². The van der Waals surface area contributed by atoms with Gasteiger partial charge < -0.3 is 0 Å². The molecule has 1 fully saturated rings. The second-order valence-corrected chi connectivity index (χ2v) is 7.18. The monoisotopic (exact) mass is 306 g/mol. The maximum atomic E-state index is 2.37. The van der Waals surface area contributed by atoms with Gasteiger partial charge >= 0.3 is 0 Å². The molecule has 0 bridgehead atoms. The molecule has 0 aliphatic heterocycles. The van der Waals surface area contributed by atoms with Gasteiger partial charge in [-0.25, -0.2) is 0 Å². The molecule has 0 aromatic heterocycles. The number of hydrogen-bond acceptors (Lipinski definition) is 0. The summed E-state index contributed by atoms with van der Waals surface area (Å²) >= 11 is 0. The molecule has 3 rings (SSSR count). The van der Waals surface area contributed by atoms with E-state index in [9.17, 15) is 0 Å². The first-order valence-electron chi connectivity index (χ1n) is 9.49. The Kier molecular flexibility index (Phi) is 5.54. The molecule has 0 atom stereocenters. The van der Waals surface area contributed by atoms with Gasteiger partial charge in [-0.3, -0.25) is 0 Å². The van der Waals surface area contributed by atoms with E-state index >= 15 is 0 Å². The van der Waals surface area contributed by atoms with Gasteiger partial charge in [0.05, 0.1) is 0 Å². The Labute approximate surface area is 141 Å². The van der Waals surface area contributed by atoms with Gasteiger partial charge in [-0.05, 0) is 66.2 Å². The molecule has 0 nitrogen and oxygen atoms in total. The first-order chi connectivity index (χ1) is 11.3. The molecule has 0 heterocycles. The fraction of sp³-hybridized carbons (Fsp3) is 0.478. The molecule has 0 unspecified atom stereocenters. The van der Waals surface area contributed by atoms with Crippen molar-refractivity contribution in [2.75, 3.05) is 0 Å². The number of aryl methyl sites for hydroxylation is 1. The van der Waals surface area contributed by atoms with Gasteiger partial charge in [-0.1, -0.05) is 75.2 Å². The third kappa shape index (κ3) is 4.05. The van der Waals surface area contributed by atoms with E-state index in [1.165, 1.54) is 55.2 Å². The molecule has 0 saturated heterocycles. The van der Waals surface area contributed by atoms with Crippen molar-refractivity contribution in [3.05, 3.63) is 59.7 Å². The van der Waals surface area contributed by atoms with Crippen LogP contribution in [0.5, 0.6) is 0 Å². The molecular formula is C23H30.